The van der Waals surface area contributed by atoms with Crippen molar-refractivity contribution in [2.75, 3.05) is 32.7 Å². The van der Waals surface area contributed by atoms with Gasteiger partial charge in [-0.05, 0) is 48.8 Å². The summed E-state index contributed by atoms with van der Waals surface area (Å²) in [6.45, 7) is 6.16. The second kappa shape index (κ2) is 8.60. The summed E-state index contributed by atoms with van der Waals surface area (Å²) in [5, 5.41) is 2.86. The molecular formula is C23H31FN4O5S. The number of imide groups is 1. The van der Waals surface area contributed by atoms with Crippen molar-refractivity contribution in [2.24, 2.45) is 11.3 Å². The van der Waals surface area contributed by atoms with Crippen molar-refractivity contribution in [3.63, 3.8) is 0 Å². The zero-order valence-corrected chi connectivity index (χ0v) is 20.5. The Labute approximate surface area is 199 Å². The van der Waals surface area contributed by atoms with E-state index in [1.165, 1.54) is 27.4 Å². The third-order valence-electron chi connectivity index (χ3n) is 6.94. The third-order valence-corrected chi connectivity index (χ3v) is 8.84. The first-order valence-electron chi connectivity index (χ1n) is 11.5. The van der Waals surface area contributed by atoms with Crippen LogP contribution in [0.3, 0.4) is 0 Å². The SMILES string of the molecule is C[C@H]1CC(C)(C)C[C@@]2(C1)NC(=O)N(CC(=O)N1CCN(S(=O)(=O)c3cccc(F)c3)CC1)C2=O. The molecule has 1 N–H and O–H groups in total. The Morgan fingerprint density at radius 2 is 1.82 bits per heavy atom. The van der Waals surface area contributed by atoms with Crippen LogP contribution >= 0.6 is 0 Å². The molecule has 4 amide bonds. The van der Waals surface area contributed by atoms with Crippen LogP contribution in [0, 0.1) is 17.2 Å². The Kier molecular flexibility index (Phi) is 6.22. The van der Waals surface area contributed by atoms with Gasteiger partial charge in [0.1, 0.15) is 17.9 Å². The number of benzene rings is 1. The number of hydrogen-bond donors (Lipinski definition) is 1. The average molecular weight is 495 g/mol. The lowest BCUT2D eigenvalue weighted by molar-refractivity contribution is -0.141. The molecule has 1 aromatic rings. The lowest BCUT2D eigenvalue weighted by atomic mass is 9.64. The maximum atomic E-state index is 13.5. The van der Waals surface area contributed by atoms with Crippen molar-refractivity contribution < 1.29 is 27.2 Å². The van der Waals surface area contributed by atoms with Gasteiger partial charge in [-0.2, -0.15) is 4.31 Å². The summed E-state index contributed by atoms with van der Waals surface area (Å²) >= 11 is 0. The van der Waals surface area contributed by atoms with E-state index in [-0.39, 0.29) is 54.9 Å². The predicted octanol–water partition coefficient (Wildman–Crippen LogP) is 1.80. The minimum absolute atomic E-state index is 0.0420. The van der Waals surface area contributed by atoms with E-state index >= 15 is 0 Å². The molecular weight excluding hydrogens is 463 g/mol. The fraction of sp³-hybridized carbons (Fsp3) is 0.609. The zero-order valence-electron chi connectivity index (χ0n) is 19.7. The second-order valence-electron chi connectivity index (χ2n) is 10.5. The summed E-state index contributed by atoms with van der Waals surface area (Å²) in [5.74, 6) is -1.15. The Bertz CT molecular complexity index is 1120. The monoisotopic (exact) mass is 494 g/mol. The number of urea groups is 1. The topological polar surface area (TPSA) is 107 Å². The zero-order chi connectivity index (χ0) is 24.9. The van der Waals surface area contributed by atoms with E-state index in [4.69, 9.17) is 0 Å². The van der Waals surface area contributed by atoms with Gasteiger partial charge in [-0.3, -0.25) is 14.5 Å². The molecule has 2 atom stereocenters. The molecule has 1 spiro atoms. The van der Waals surface area contributed by atoms with Crippen molar-refractivity contribution in [1.29, 1.82) is 0 Å². The summed E-state index contributed by atoms with van der Waals surface area (Å²) in [5.41, 5.74) is -1.08. The lowest BCUT2D eigenvalue weighted by Crippen LogP contribution is -2.55. The molecule has 0 radical (unpaired) electrons. The van der Waals surface area contributed by atoms with Crippen LogP contribution in [0.1, 0.15) is 40.0 Å². The minimum Gasteiger partial charge on any atom is -0.338 e. The lowest BCUT2D eigenvalue weighted by Gasteiger charge is -2.43. The van der Waals surface area contributed by atoms with Gasteiger partial charge in [-0.25, -0.2) is 17.6 Å². The molecule has 11 heteroatoms. The maximum Gasteiger partial charge on any atom is 0.325 e. The predicted molar refractivity (Wildman–Crippen MR) is 122 cm³/mol. The Hall–Kier alpha value is -2.53. The number of nitrogens with zero attached hydrogens (tertiary/aromatic N) is 3. The van der Waals surface area contributed by atoms with Gasteiger partial charge in [0.05, 0.1) is 4.90 Å². The van der Waals surface area contributed by atoms with Gasteiger partial charge in [-0.1, -0.05) is 26.8 Å². The van der Waals surface area contributed by atoms with Crippen molar-refractivity contribution >= 4 is 27.9 Å². The molecule has 4 rings (SSSR count). The highest BCUT2D eigenvalue weighted by molar-refractivity contribution is 7.89. The Morgan fingerprint density at radius 3 is 2.44 bits per heavy atom. The standard InChI is InChI=1S/C23H31FN4O5S/c1-16-12-22(2,3)15-23(13-16)20(30)28(21(31)25-23)14-19(29)26-7-9-27(10-8-26)34(32,33)18-6-4-5-17(24)11-18/h4-6,11,16H,7-10,12-15H2,1-3H3,(H,25,31)/t16-,23+/m0/s1. The molecule has 3 fully saturated rings. The molecule has 3 aliphatic rings. The molecule has 0 bridgehead atoms. The fourth-order valence-electron chi connectivity index (χ4n) is 5.84. The van der Waals surface area contributed by atoms with Gasteiger partial charge in [0.15, 0.2) is 0 Å². The molecule has 34 heavy (non-hydrogen) atoms. The highest BCUT2D eigenvalue weighted by Crippen LogP contribution is 2.46. The summed E-state index contributed by atoms with van der Waals surface area (Å²) in [4.78, 5) is 41.2. The molecule has 9 nitrogen and oxygen atoms in total. The van der Waals surface area contributed by atoms with Crippen molar-refractivity contribution in [3.05, 3.63) is 30.1 Å². The van der Waals surface area contributed by atoms with Crippen LogP contribution in [0.2, 0.25) is 0 Å². The first-order valence-corrected chi connectivity index (χ1v) is 12.9. The van der Waals surface area contributed by atoms with Gasteiger partial charge >= 0.3 is 6.03 Å². The van der Waals surface area contributed by atoms with Crippen molar-refractivity contribution in [3.8, 4) is 0 Å². The van der Waals surface area contributed by atoms with Crippen LogP contribution in [0.25, 0.3) is 0 Å². The van der Waals surface area contributed by atoms with Crippen molar-refractivity contribution in [2.45, 2.75) is 50.5 Å². The number of hydrogen-bond acceptors (Lipinski definition) is 5. The van der Waals surface area contributed by atoms with Crippen LogP contribution in [0.15, 0.2) is 29.2 Å². The van der Waals surface area contributed by atoms with E-state index in [9.17, 15) is 27.2 Å². The molecule has 2 heterocycles. The third kappa shape index (κ3) is 4.55. The van der Waals surface area contributed by atoms with E-state index in [0.29, 0.717) is 12.8 Å². The first kappa shape index (κ1) is 24.6. The molecule has 2 saturated heterocycles. The molecule has 2 aliphatic heterocycles. The van der Waals surface area contributed by atoms with Crippen molar-refractivity contribution in [1.82, 2.24) is 19.4 Å². The molecule has 1 saturated carbocycles. The second-order valence-corrected chi connectivity index (χ2v) is 12.4. The highest BCUT2D eigenvalue weighted by Gasteiger charge is 2.56. The number of piperazine rings is 1. The van der Waals surface area contributed by atoms with Gasteiger partial charge in [0.25, 0.3) is 5.91 Å². The van der Waals surface area contributed by atoms with Gasteiger partial charge < -0.3 is 10.2 Å². The minimum atomic E-state index is -3.88. The maximum absolute atomic E-state index is 13.5. The highest BCUT2D eigenvalue weighted by atomic mass is 32.2. The number of halogens is 1. The smallest absolute Gasteiger partial charge is 0.325 e. The number of carbonyl (C=O) groups is 3. The molecule has 1 aromatic carbocycles. The average Bonchev–Trinajstić information content (AvgIpc) is 2.95. The van der Waals surface area contributed by atoms with E-state index in [1.54, 1.807) is 0 Å². The van der Waals surface area contributed by atoms with E-state index < -0.39 is 33.3 Å². The Balaban J connectivity index is 1.39. The number of amides is 4. The fourth-order valence-corrected chi connectivity index (χ4v) is 7.29. The number of sulfonamides is 1. The largest absolute Gasteiger partial charge is 0.338 e. The quantitative estimate of drug-likeness (QED) is 0.643. The van der Waals surface area contributed by atoms with E-state index in [2.05, 4.69) is 26.1 Å². The van der Waals surface area contributed by atoms with E-state index in [0.717, 1.165) is 17.4 Å². The number of nitrogens with one attached hydrogen (secondary N) is 1. The normalized spacial score (nSPS) is 27.8. The number of rotatable bonds is 4. The summed E-state index contributed by atoms with van der Waals surface area (Å²) in [7, 11) is -3.88. The molecule has 1 aliphatic carbocycles. The number of carbonyl (C=O) groups excluding carboxylic acids is 3. The summed E-state index contributed by atoms with van der Waals surface area (Å²) in [6.07, 6.45) is 2.03. The molecule has 0 aromatic heterocycles. The van der Waals surface area contributed by atoms with Crippen LogP contribution in [0.4, 0.5) is 9.18 Å². The molecule has 186 valence electrons. The van der Waals surface area contributed by atoms with Gasteiger partial charge in [0, 0.05) is 26.2 Å². The van der Waals surface area contributed by atoms with Crippen LogP contribution in [0.5, 0.6) is 0 Å². The van der Waals surface area contributed by atoms with Crippen LogP contribution in [-0.4, -0.2) is 78.6 Å². The van der Waals surface area contributed by atoms with Crippen LogP contribution < -0.4 is 5.32 Å². The summed E-state index contributed by atoms with van der Waals surface area (Å²) in [6, 6.07) is 4.24. The first-order chi connectivity index (χ1) is 15.8. The molecule has 0 unspecified atom stereocenters. The summed E-state index contributed by atoms with van der Waals surface area (Å²) < 4.78 is 40.3. The van der Waals surface area contributed by atoms with E-state index in [1.807, 2.05) is 0 Å². The van der Waals surface area contributed by atoms with Crippen LogP contribution in [-0.2, 0) is 19.6 Å². The Morgan fingerprint density at radius 1 is 1.15 bits per heavy atom. The van der Waals surface area contributed by atoms with Gasteiger partial charge in [-0.15, -0.1) is 0 Å². The van der Waals surface area contributed by atoms with Gasteiger partial charge in [0.2, 0.25) is 15.9 Å².